The van der Waals surface area contributed by atoms with Gasteiger partial charge in [-0.25, -0.2) is 0 Å². The van der Waals surface area contributed by atoms with E-state index in [-0.39, 0.29) is 24.2 Å². The van der Waals surface area contributed by atoms with E-state index in [1.54, 1.807) is 26.4 Å². The highest BCUT2D eigenvalue weighted by Gasteiger charge is 2.37. The Balaban J connectivity index is 1.63. The number of carbonyl (C=O) groups is 2. The van der Waals surface area contributed by atoms with Gasteiger partial charge in [0, 0.05) is 18.0 Å². The molecule has 0 aliphatic carbocycles. The fraction of sp³-hybridized carbons (Fsp3) is 0.333. The molecular formula is C21H22ClNO4. The molecule has 1 atom stereocenters. The van der Waals surface area contributed by atoms with Crippen molar-refractivity contribution in [2.75, 3.05) is 20.8 Å². The van der Waals surface area contributed by atoms with Crippen LogP contribution in [0.3, 0.4) is 0 Å². The number of benzene rings is 2. The summed E-state index contributed by atoms with van der Waals surface area (Å²) in [5.41, 5.74) is 1.99. The van der Waals surface area contributed by atoms with Crippen LogP contribution in [0.5, 0.6) is 11.5 Å². The molecular weight excluding hydrogens is 366 g/mol. The number of likely N-dealkylation sites (tertiary alicyclic amines) is 1. The molecule has 0 aromatic heterocycles. The number of carbonyl (C=O) groups excluding carboxylic acids is 2. The summed E-state index contributed by atoms with van der Waals surface area (Å²) in [4.78, 5) is 26.4. The van der Waals surface area contributed by atoms with Crippen LogP contribution in [0.2, 0.25) is 5.02 Å². The van der Waals surface area contributed by atoms with Crippen molar-refractivity contribution in [2.45, 2.75) is 19.3 Å². The van der Waals surface area contributed by atoms with Crippen LogP contribution in [-0.2, 0) is 22.4 Å². The van der Waals surface area contributed by atoms with Crippen molar-refractivity contribution in [3.63, 3.8) is 0 Å². The van der Waals surface area contributed by atoms with Crippen molar-refractivity contribution in [3.05, 3.63) is 58.6 Å². The maximum absolute atomic E-state index is 12.7. The Morgan fingerprint density at radius 1 is 1.00 bits per heavy atom. The molecule has 0 unspecified atom stereocenters. The number of hydrogen-bond acceptors (Lipinski definition) is 4. The fourth-order valence-corrected chi connectivity index (χ4v) is 3.45. The molecule has 0 spiro atoms. The van der Waals surface area contributed by atoms with Gasteiger partial charge in [-0.3, -0.25) is 14.5 Å². The average molecular weight is 388 g/mol. The highest BCUT2D eigenvalue weighted by Crippen LogP contribution is 2.29. The summed E-state index contributed by atoms with van der Waals surface area (Å²) in [5, 5.41) is 0.657. The summed E-state index contributed by atoms with van der Waals surface area (Å²) in [7, 11) is 3.16. The van der Waals surface area contributed by atoms with Gasteiger partial charge < -0.3 is 9.47 Å². The van der Waals surface area contributed by atoms with Gasteiger partial charge in [0.1, 0.15) is 0 Å². The van der Waals surface area contributed by atoms with Crippen LogP contribution in [0, 0.1) is 5.92 Å². The molecule has 0 radical (unpaired) electrons. The summed E-state index contributed by atoms with van der Waals surface area (Å²) < 4.78 is 10.5. The number of methoxy groups -OCH3 is 2. The first-order valence-electron chi connectivity index (χ1n) is 8.81. The van der Waals surface area contributed by atoms with Gasteiger partial charge in [0.25, 0.3) is 0 Å². The third-order valence-corrected chi connectivity index (χ3v) is 5.06. The second kappa shape index (κ2) is 8.44. The molecule has 1 saturated heterocycles. The molecule has 2 aromatic carbocycles. The standard InChI is InChI=1S/C21H22ClNO4/c1-26-18-8-5-15(12-19(18)27-2)9-10-23-20(24)13-16(21(23)25)11-14-3-6-17(22)7-4-14/h3-8,12,16H,9-11,13H2,1-2H3/t16-/m1/s1. The minimum Gasteiger partial charge on any atom is -0.493 e. The minimum atomic E-state index is -0.302. The Kier molecular flexibility index (Phi) is 6.01. The van der Waals surface area contributed by atoms with Crippen molar-refractivity contribution in [2.24, 2.45) is 5.92 Å². The van der Waals surface area contributed by atoms with Crippen LogP contribution in [-0.4, -0.2) is 37.5 Å². The largest absolute Gasteiger partial charge is 0.493 e. The van der Waals surface area contributed by atoms with Crippen molar-refractivity contribution in [3.8, 4) is 11.5 Å². The first kappa shape index (κ1) is 19.2. The van der Waals surface area contributed by atoms with Gasteiger partial charge in [0.2, 0.25) is 11.8 Å². The summed E-state index contributed by atoms with van der Waals surface area (Å²) in [6, 6.07) is 13.0. The van der Waals surface area contributed by atoms with Gasteiger partial charge >= 0.3 is 0 Å². The average Bonchev–Trinajstić information content (AvgIpc) is 2.94. The number of halogens is 1. The summed E-state index contributed by atoms with van der Waals surface area (Å²) in [5.74, 6) is 0.770. The lowest BCUT2D eigenvalue weighted by Crippen LogP contribution is -2.33. The highest BCUT2D eigenvalue weighted by atomic mass is 35.5. The lowest BCUT2D eigenvalue weighted by molar-refractivity contribution is -0.139. The number of rotatable bonds is 7. The van der Waals surface area contributed by atoms with Gasteiger partial charge in [-0.1, -0.05) is 29.8 Å². The maximum Gasteiger partial charge on any atom is 0.233 e. The topological polar surface area (TPSA) is 55.8 Å². The van der Waals surface area contributed by atoms with Crippen molar-refractivity contribution in [1.29, 1.82) is 0 Å². The zero-order valence-corrected chi connectivity index (χ0v) is 16.2. The fourth-order valence-electron chi connectivity index (χ4n) is 3.33. The monoisotopic (exact) mass is 387 g/mol. The minimum absolute atomic E-state index is 0.101. The summed E-state index contributed by atoms with van der Waals surface area (Å²) in [6.45, 7) is 0.365. The molecule has 3 rings (SSSR count). The predicted octanol–water partition coefficient (Wildman–Crippen LogP) is 3.52. The van der Waals surface area contributed by atoms with Crippen LogP contribution in [0.25, 0.3) is 0 Å². The molecule has 0 saturated carbocycles. The summed E-state index contributed by atoms with van der Waals surface area (Å²) >= 11 is 5.90. The van der Waals surface area contributed by atoms with E-state index < -0.39 is 0 Å². The van der Waals surface area contributed by atoms with Crippen molar-refractivity contribution >= 4 is 23.4 Å². The quantitative estimate of drug-likeness (QED) is 0.682. The van der Waals surface area contributed by atoms with Crippen molar-refractivity contribution in [1.82, 2.24) is 4.90 Å². The van der Waals surface area contributed by atoms with E-state index in [1.165, 1.54) is 4.90 Å². The van der Waals surface area contributed by atoms with Crippen LogP contribution in [0.1, 0.15) is 17.5 Å². The third-order valence-electron chi connectivity index (χ3n) is 4.80. The van der Waals surface area contributed by atoms with E-state index in [2.05, 4.69) is 0 Å². The van der Waals surface area contributed by atoms with Gasteiger partial charge in [-0.15, -0.1) is 0 Å². The molecule has 142 valence electrons. The Labute approximate surface area is 163 Å². The Hall–Kier alpha value is -2.53. The first-order valence-corrected chi connectivity index (χ1v) is 9.19. The van der Waals surface area contributed by atoms with Gasteiger partial charge in [0.05, 0.1) is 20.1 Å². The Bertz CT molecular complexity index is 835. The van der Waals surface area contributed by atoms with E-state index in [9.17, 15) is 9.59 Å². The lowest BCUT2D eigenvalue weighted by Gasteiger charge is -2.16. The Morgan fingerprint density at radius 2 is 1.67 bits per heavy atom. The lowest BCUT2D eigenvalue weighted by atomic mass is 9.98. The van der Waals surface area contributed by atoms with E-state index in [0.29, 0.717) is 35.9 Å². The third kappa shape index (κ3) is 4.42. The van der Waals surface area contributed by atoms with Crippen LogP contribution >= 0.6 is 11.6 Å². The Morgan fingerprint density at radius 3 is 2.33 bits per heavy atom. The molecule has 2 amide bonds. The van der Waals surface area contributed by atoms with E-state index in [1.807, 2.05) is 30.3 Å². The van der Waals surface area contributed by atoms with Crippen LogP contribution in [0.4, 0.5) is 0 Å². The van der Waals surface area contributed by atoms with Gasteiger partial charge in [-0.05, 0) is 48.2 Å². The molecule has 1 aliphatic rings. The molecule has 1 heterocycles. The van der Waals surface area contributed by atoms with Crippen LogP contribution < -0.4 is 9.47 Å². The predicted molar refractivity (Wildman–Crippen MR) is 103 cm³/mol. The van der Waals surface area contributed by atoms with Gasteiger partial charge in [-0.2, -0.15) is 0 Å². The second-order valence-electron chi connectivity index (χ2n) is 6.55. The molecule has 1 aliphatic heterocycles. The van der Waals surface area contributed by atoms with Crippen LogP contribution in [0.15, 0.2) is 42.5 Å². The van der Waals surface area contributed by atoms with E-state index in [4.69, 9.17) is 21.1 Å². The van der Waals surface area contributed by atoms with E-state index >= 15 is 0 Å². The number of imide groups is 1. The zero-order chi connectivity index (χ0) is 19.4. The molecule has 27 heavy (non-hydrogen) atoms. The SMILES string of the molecule is COc1ccc(CCN2C(=O)C[C@@H](Cc3ccc(Cl)cc3)C2=O)cc1OC. The van der Waals surface area contributed by atoms with Crippen molar-refractivity contribution < 1.29 is 19.1 Å². The molecule has 2 aromatic rings. The zero-order valence-electron chi connectivity index (χ0n) is 15.4. The van der Waals surface area contributed by atoms with E-state index in [0.717, 1.165) is 11.1 Å². The maximum atomic E-state index is 12.7. The number of ether oxygens (including phenoxy) is 2. The number of hydrogen-bond donors (Lipinski definition) is 0. The highest BCUT2D eigenvalue weighted by molar-refractivity contribution is 6.30. The normalized spacial score (nSPS) is 16.7. The second-order valence-corrected chi connectivity index (χ2v) is 6.99. The number of nitrogens with zero attached hydrogens (tertiary/aromatic N) is 1. The molecule has 5 nitrogen and oxygen atoms in total. The first-order chi connectivity index (χ1) is 13.0. The summed E-state index contributed by atoms with van der Waals surface area (Å²) in [6.07, 6.45) is 1.38. The molecule has 0 bridgehead atoms. The van der Waals surface area contributed by atoms with Gasteiger partial charge in [0.15, 0.2) is 11.5 Å². The molecule has 0 N–H and O–H groups in total. The smallest absolute Gasteiger partial charge is 0.233 e. The number of amides is 2. The molecule has 1 fully saturated rings. The molecule has 6 heteroatoms.